The molecule has 142 valence electrons. The molecule has 27 heavy (non-hydrogen) atoms. The van der Waals surface area contributed by atoms with E-state index in [0.717, 1.165) is 42.9 Å². The third-order valence-corrected chi connectivity index (χ3v) is 6.40. The summed E-state index contributed by atoms with van der Waals surface area (Å²) in [6.45, 7) is 8.98. The second-order valence-electron chi connectivity index (χ2n) is 7.41. The van der Waals surface area contributed by atoms with E-state index in [1.807, 2.05) is 17.5 Å². The van der Waals surface area contributed by atoms with Gasteiger partial charge in [0.2, 0.25) is 0 Å². The first-order valence-electron chi connectivity index (χ1n) is 9.89. The monoisotopic (exact) mass is 380 g/mol. The number of anilines is 1. The predicted octanol–water partition coefficient (Wildman–Crippen LogP) is 4.54. The van der Waals surface area contributed by atoms with Gasteiger partial charge in [0.25, 0.3) is 0 Å². The molecule has 4 rings (SSSR count). The molecule has 3 heterocycles. The Morgan fingerprint density at radius 2 is 1.96 bits per heavy atom. The second-order valence-corrected chi connectivity index (χ2v) is 8.36. The highest BCUT2D eigenvalue weighted by molar-refractivity contribution is 7.12. The Morgan fingerprint density at radius 3 is 2.74 bits per heavy atom. The summed E-state index contributed by atoms with van der Waals surface area (Å²) in [5, 5.41) is 2.03. The lowest BCUT2D eigenvalue weighted by molar-refractivity contribution is 0.347. The van der Waals surface area contributed by atoms with Gasteiger partial charge in [0, 0.05) is 24.5 Å². The fourth-order valence-electron chi connectivity index (χ4n) is 4.04. The van der Waals surface area contributed by atoms with Gasteiger partial charge in [0.05, 0.1) is 10.6 Å². The van der Waals surface area contributed by atoms with Crippen LogP contribution in [0.3, 0.4) is 0 Å². The topological polar surface area (TPSA) is 44.9 Å². The van der Waals surface area contributed by atoms with E-state index in [1.54, 1.807) is 11.3 Å². The van der Waals surface area contributed by atoms with Crippen molar-refractivity contribution in [3.8, 4) is 0 Å². The van der Waals surface area contributed by atoms with Crippen molar-refractivity contribution in [3.05, 3.63) is 58.4 Å². The number of aliphatic imine (C=N–C) groups is 1. The highest BCUT2D eigenvalue weighted by Crippen LogP contribution is 2.33. The zero-order valence-corrected chi connectivity index (χ0v) is 16.7. The molecule has 0 aliphatic carbocycles. The van der Waals surface area contributed by atoms with E-state index >= 15 is 0 Å². The van der Waals surface area contributed by atoms with Gasteiger partial charge >= 0.3 is 0 Å². The number of hydrogen-bond acceptors (Lipinski definition) is 4. The fourth-order valence-corrected chi connectivity index (χ4v) is 4.67. The number of hydrogen-bond donors (Lipinski definition) is 1. The Balaban J connectivity index is 1.56. The Bertz CT molecular complexity index is 819. The molecule has 1 aromatic heterocycles. The molecule has 0 amide bonds. The van der Waals surface area contributed by atoms with Crippen LogP contribution in [0.25, 0.3) is 0 Å². The van der Waals surface area contributed by atoms with E-state index in [9.17, 15) is 0 Å². The van der Waals surface area contributed by atoms with Gasteiger partial charge in [-0.25, -0.2) is 4.99 Å². The van der Waals surface area contributed by atoms with Gasteiger partial charge in [-0.3, -0.25) is 0 Å². The van der Waals surface area contributed by atoms with E-state index < -0.39 is 0 Å². The molecule has 2 aromatic rings. The van der Waals surface area contributed by atoms with Crippen molar-refractivity contribution in [1.29, 1.82) is 0 Å². The maximum absolute atomic E-state index is 6.18. The number of amidine groups is 1. The molecular weight excluding hydrogens is 352 g/mol. The van der Waals surface area contributed by atoms with Crippen molar-refractivity contribution >= 4 is 28.5 Å². The van der Waals surface area contributed by atoms with Gasteiger partial charge in [-0.05, 0) is 80.4 Å². The Hall–Kier alpha value is -2.11. The Kier molecular flexibility index (Phi) is 5.60. The van der Waals surface area contributed by atoms with Crippen molar-refractivity contribution in [2.45, 2.75) is 32.1 Å². The SMILES string of the molecule is C=C1CCCc2cc(N=C(N)c3cccs3)ccc2N1CCN1CCCC1. The van der Waals surface area contributed by atoms with Crippen molar-refractivity contribution in [2.75, 3.05) is 31.1 Å². The first-order valence-corrected chi connectivity index (χ1v) is 10.8. The highest BCUT2D eigenvalue weighted by atomic mass is 32.1. The van der Waals surface area contributed by atoms with Crippen LogP contribution in [0.15, 0.2) is 53.0 Å². The quantitative estimate of drug-likeness (QED) is 0.612. The summed E-state index contributed by atoms with van der Waals surface area (Å²) in [6, 6.07) is 10.5. The van der Waals surface area contributed by atoms with E-state index in [1.165, 1.54) is 42.9 Å². The van der Waals surface area contributed by atoms with Crippen LogP contribution in [-0.4, -0.2) is 36.9 Å². The summed E-state index contributed by atoms with van der Waals surface area (Å²) in [7, 11) is 0. The summed E-state index contributed by atoms with van der Waals surface area (Å²) in [4.78, 5) is 10.7. The molecule has 0 atom stereocenters. The molecular formula is C22H28N4S. The average molecular weight is 381 g/mol. The molecule has 1 saturated heterocycles. The molecule has 0 spiro atoms. The number of benzene rings is 1. The Labute approximate surface area is 166 Å². The van der Waals surface area contributed by atoms with Gasteiger partial charge in [-0.2, -0.15) is 0 Å². The van der Waals surface area contributed by atoms with Gasteiger partial charge in [0.1, 0.15) is 5.84 Å². The van der Waals surface area contributed by atoms with Gasteiger partial charge in [-0.1, -0.05) is 12.6 Å². The predicted molar refractivity (Wildman–Crippen MR) is 116 cm³/mol. The lowest BCUT2D eigenvalue weighted by atomic mass is 10.1. The number of nitrogens with zero attached hydrogens (tertiary/aromatic N) is 3. The van der Waals surface area contributed by atoms with Gasteiger partial charge in [0.15, 0.2) is 0 Å². The summed E-state index contributed by atoms with van der Waals surface area (Å²) >= 11 is 1.62. The number of rotatable bonds is 5. The number of thiophene rings is 1. The lowest BCUT2D eigenvalue weighted by Crippen LogP contribution is -2.33. The number of nitrogens with two attached hydrogens (primary N) is 1. The average Bonchev–Trinajstić information content (AvgIpc) is 3.34. The highest BCUT2D eigenvalue weighted by Gasteiger charge is 2.20. The molecule has 2 aliphatic heterocycles. The molecule has 0 radical (unpaired) electrons. The van der Waals surface area contributed by atoms with E-state index in [0.29, 0.717) is 5.84 Å². The molecule has 5 heteroatoms. The van der Waals surface area contributed by atoms with Crippen LogP contribution < -0.4 is 10.6 Å². The number of fused-ring (bicyclic) bond motifs is 1. The third-order valence-electron chi connectivity index (χ3n) is 5.51. The normalized spacial score (nSPS) is 18.6. The van der Waals surface area contributed by atoms with Crippen LogP contribution in [0.5, 0.6) is 0 Å². The van der Waals surface area contributed by atoms with Gasteiger partial charge in [-0.15, -0.1) is 11.3 Å². The molecule has 2 aliphatic rings. The van der Waals surface area contributed by atoms with E-state index in [4.69, 9.17) is 5.73 Å². The van der Waals surface area contributed by atoms with Crippen molar-refractivity contribution < 1.29 is 0 Å². The minimum atomic E-state index is 0.592. The van der Waals surface area contributed by atoms with Crippen LogP contribution in [0.1, 0.15) is 36.1 Å². The smallest absolute Gasteiger partial charge is 0.141 e. The Morgan fingerprint density at radius 1 is 1.11 bits per heavy atom. The summed E-state index contributed by atoms with van der Waals surface area (Å²) in [6.07, 6.45) is 5.94. The molecule has 2 N–H and O–H groups in total. The summed E-state index contributed by atoms with van der Waals surface area (Å²) in [5.74, 6) is 0.592. The van der Waals surface area contributed by atoms with Crippen molar-refractivity contribution in [2.24, 2.45) is 10.7 Å². The van der Waals surface area contributed by atoms with Crippen LogP contribution in [0.4, 0.5) is 11.4 Å². The molecule has 0 unspecified atom stereocenters. The first kappa shape index (κ1) is 18.3. The summed E-state index contributed by atoms with van der Waals surface area (Å²) in [5.41, 5.74) is 11.0. The largest absolute Gasteiger partial charge is 0.383 e. The minimum Gasteiger partial charge on any atom is -0.383 e. The first-order chi connectivity index (χ1) is 13.2. The number of allylic oxidation sites excluding steroid dienone is 1. The molecule has 1 fully saturated rings. The maximum Gasteiger partial charge on any atom is 0.141 e. The minimum absolute atomic E-state index is 0.592. The van der Waals surface area contributed by atoms with E-state index in [2.05, 4.69) is 39.6 Å². The van der Waals surface area contributed by atoms with Gasteiger partial charge < -0.3 is 15.5 Å². The molecule has 0 bridgehead atoms. The second kappa shape index (κ2) is 8.28. The van der Waals surface area contributed by atoms with Crippen LogP contribution in [-0.2, 0) is 6.42 Å². The lowest BCUT2D eigenvalue weighted by Gasteiger charge is -2.29. The van der Waals surface area contributed by atoms with Crippen LogP contribution in [0.2, 0.25) is 0 Å². The van der Waals surface area contributed by atoms with E-state index in [-0.39, 0.29) is 0 Å². The fraction of sp³-hybridized carbons (Fsp3) is 0.409. The third kappa shape index (κ3) is 4.25. The zero-order valence-electron chi connectivity index (χ0n) is 15.9. The standard InChI is InChI=1S/C22H28N4S/c1-17-6-4-7-18-16-19(24-22(23)21-8-5-15-27-21)9-10-20(18)26(17)14-13-25-11-2-3-12-25/h5,8-10,15-16H,1-4,6-7,11-14H2,(H2,23,24). The molecule has 1 aromatic carbocycles. The van der Waals surface area contributed by atoms with Crippen molar-refractivity contribution in [3.63, 3.8) is 0 Å². The summed E-state index contributed by atoms with van der Waals surface area (Å²) < 4.78 is 0. The number of aryl methyl sites for hydroxylation is 1. The maximum atomic E-state index is 6.18. The van der Waals surface area contributed by atoms with Crippen LogP contribution in [0, 0.1) is 0 Å². The molecule has 0 saturated carbocycles. The van der Waals surface area contributed by atoms with Crippen molar-refractivity contribution in [1.82, 2.24) is 4.90 Å². The zero-order chi connectivity index (χ0) is 18.6. The molecule has 4 nitrogen and oxygen atoms in total. The number of likely N-dealkylation sites (tertiary alicyclic amines) is 1. The van der Waals surface area contributed by atoms with Crippen LogP contribution >= 0.6 is 11.3 Å².